The number of Topliss-reactive ketones (excluding diaryl/α,β-unsaturated/α-hetero) is 1. The Morgan fingerprint density at radius 1 is 1.03 bits per heavy atom. The number of ketones is 1. The van der Waals surface area contributed by atoms with Gasteiger partial charge in [0.25, 0.3) is 11.7 Å². The minimum Gasteiger partial charge on any atom is -0.507 e. The molecular weight excluding hydrogens is 494 g/mol. The van der Waals surface area contributed by atoms with E-state index in [4.69, 9.17) is 21.1 Å². The summed E-state index contributed by atoms with van der Waals surface area (Å²) in [6.45, 7) is 6.20. The number of halogens is 1. The molecule has 0 spiro atoms. The molecule has 1 saturated heterocycles. The second-order valence-electron chi connectivity index (χ2n) is 8.92. The SMILES string of the molecule is CCOc1cc(C2/C(=C(\O)c3cc(Cl)ccc3OC)C(=O)C(=O)N2c2ccc(C(C)C)cc2)ccc1O. The quantitative estimate of drug-likeness (QED) is 0.218. The van der Waals surface area contributed by atoms with E-state index in [9.17, 15) is 19.8 Å². The number of hydrogen-bond acceptors (Lipinski definition) is 6. The van der Waals surface area contributed by atoms with Crippen molar-refractivity contribution in [1.29, 1.82) is 0 Å². The lowest BCUT2D eigenvalue weighted by molar-refractivity contribution is -0.132. The fraction of sp³-hybridized carbons (Fsp3) is 0.241. The lowest BCUT2D eigenvalue weighted by Crippen LogP contribution is -2.29. The Morgan fingerprint density at radius 3 is 2.35 bits per heavy atom. The average Bonchev–Trinajstić information content (AvgIpc) is 3.15. The van der Waals surface area contributed by atoms with Crippen LogP contribution in [0, 0.1) is 0 Å². The highest BCUT2D eigenvalue weighted by Crippen LogP contribution is 2.45. The summed E-state index contributed by atoms with van der Waals surface area (Å²) in [5, 5.41) is 22.0. The Morgan fingerprint density at radius 2 is 1.73 bits per heavy atom. The number of amides is 1. The van der Waals surface area contributed by atoms with Gasteiger partial charge in [-0.15, -0.1) is 0 Å². The van der Waals surface area contributed by atoms with Crippen LogP contribution < -0.4 is 14.4 Å². The molecule has 0 aromatic heterocycles. The van der Waals surface area contributed by atoms with Gasteiger partial charge in [-0.05, 0) is 66.4 Å². The number of methoxy groups -OCH3 is 1. The molecule has 1 aliphatic rings. The van der Waals surface area contributed by atoms with Gasteiger partial charge in [0.1, 0.15) is 11.5 Å². The first kappa shape index (κ1) is 26.1. The van der Waals surface area contributed by atoms with Crippen LogP contribution in [0.4, 0.5) is 5.69 Å². The van der Waals surface area contributed by atoms with Gasteiger partial charge in [-0.3, -0.25) is 14.5 Å². The summed E-state index contributed by atoms with van der Waals surface area (Å²) in [6.07, 6.45) is 0. The number of carbonyl (C=O) groups is 2. The van der Waals surface area contributed by atoms with Gasteiger partial charge in [0, 0.05) is 10.7 Å². The van der Waals surface area contributed by atoms with Crippen molar-refractivity contribution in [2.45, 2.75) is 32.7 Å². The molecule has 0 aliphatic carbocycles. The molecule has 37 heavy (non-hydrogen) atoms. The van der Waals surface area contributed by atoms with E-state index in [1.54, 1.807) is 43.3 Å². The third-order valence-electron chi connectivity index (χ3n) is 6.30. The summed E-state index contributed by atoms with van der Waals surface area (Å²) in [6, 6.07) is 15.6. The maximum atomic E-state index is 13.5. The number of aromatic hydroxyl groups is 1. The Kier molecular flexibility index (Phi) is 7.45. The molecule has 4 rings (SSSR count). The number of ether oxygens (including phenoxy) is 2. The molecule has 0 saturated carbocycles. The second-order valence-corrected chi connectivity index (χ2v) is 9.36. The lowest BCUT2D eigenvalue weighted by Gasteiger charge is -2.26. The molecule has 1 amide bonds. The van der Waals surface area contributed by atoms with E-state index in [0.717, 1.165) is 5.56 Å². The van der Waals surface area contributed by atoms with Crippen LogP contribution >= 0.6 is 11.6 Å². The number of hydrogen-bond donors (Lipinski definition) is 2. The first-order valence-electron chi connectivity index (χ1n) is 11.9. The molecule has 2 N–H and O–H groups in total. The van der Waals surface area contributed by atoms with E-state index in [1.165, 1.54) is 24.1 Å². The maximum Gasteiger partial charge on any atom is 0.300 e. The van der Waals surface area contributed by atoms with Crippen LogP contribution in [0.25, 0.3) is 5.76 Å². The number of phenolic OH excluding ortho intramolecular Hbond substituents is 1. The van der Waals surface area contributed by atoms with Gasteiger partial charge in [0.2, 0.25) is 0 Å². The van der Waals surface area contributed by atoms with E-state index >= 15 is 0 Å². The monoisotopic (exact) mass is 521 g/mol. The van der Waals surface area contributed by atoms with Crippen LogP contribution in [0.15, 0.2) is 66.2 Å². The van der Waals surface area contributed by atoms with Gasteiger partial charge >= 0.3 is 0 Å². The molecule has 192 valence electrons. The molecule has 1 unspecified atom stereocenters. The van der Waals surface area contributed by atoms with Crippen molar-refractivity contribution >= 4 is 34.7 Å². The van der Waals surface area contributed by atoms with Crippen LogP contribution in [0.5, 0.6) is 17.2 Å². The largest absolute Gasteiger partial charge is 0.507 e. The summed E-state index contributed by atoms with van der Waals surface area (Å²) in [5.41, 5.74) is 2.07. The first-order chi connectivity index (χ1) is 17.7. The maximum absolute atomic E-state index is 13.5. The first-order valence-corrected chi connectivity index (χ1v) is 12.3. The number of aliphatic hydroxyl groups excluding tert-OH is 1. The Labute approximate surface area is 220 Å². The van der Waals surface area contributed by atoms with Crippen LogP contribution in [0.3, 0.4) is 0 Å². The summed E-state index contributed by atoms with van der Waals surface area (Å²) >= 11 is 6.18. The lowest BCUT2D eigenvalue weighted by atomic mass is 9.94. The summed E-state index contributed by atoms with van der Waals surface area (Å²) in [4.78, 5) is 28.3. The number of rotatable bonds is 7. The van der Waals surface area contributed by atoms with E-state index in [1.807, 2.05) is 12.1 Å². The molecule has 1 heterocycles. The van der Waals surface area contributed by atoms with Gasteiger partial charge in [-0.1, -0.05) is 43.6 Å². The third-order valence-corrected chi connectivity index (χ3v) is 6.53. The highest BCUT2D eigenvalue weighted by molar-refractivity contribution is 6.51. The molecule has 1 fully saturated rings. The number of anilines is 1. The number of aliphatic hydroxyl groups is 1. The second kappa shape index (κ2) is 10.6. The smallest absolute Gasteiger partial charge is 0.300 e. The zero-order valence-electron chi connectivity index (χ0n) is 21.0. The van der Waals surface area contributed by atoms with Crippen molar-refractivity contribution in [1.82, 2.24) is 0 Å². The Bertz CT molecular complexity index is 1380. The topological polar surface area (TPSA) is 96.3 Å². The van der Waals surface area contributed by atoms with Crippen molar-refractivity contribution in [2.24, 2.45) is 0 Å². The normalized spacial score (nSPS) is 16.9. The molecule has 7 nitrogen and oxygen atoms in total. The molecule has 1 aliphatic heterocycles. The minimum absolute atomic E-state index is 0.0830. The van der Waals surface area contributed by atoms with E-state index in [-0.39, 0.29) is 34.3 Å². The van der Waals surface area contributed by atoms with Crippen molar-refractivity contribution in [3.05, 3.63) is 87.9 Å². The van der Waals surface area contributed by atoms with Crippen LogP contribution in [-0.4, -0.2) is 35.6 Å². The van der Waals surface area contributed by atoms with Crippen molar-refractivity contribution in [2.75, 3.05) is 18.6 Å². The number of nitrogens with zero attached hydrogens (tertiary/aromatic N) is 1. The molecular formula is C29H28ClNO6. The van der Waals surface area contributed by atoms with E-state index in [2.05, 4.69) is 13.8 Å². The van der Waals surface area contributed by atoms with E-state index < -0.39 is 23.5 Å². The van der Waals surface area contributed by atoms with Crippen molar-refractivity contribution in [3.8, 4) is 17.2 Å². The number of phenols is 1. The zero-order valence-corrected chi connectivity index (χ0v) is 21.7. The highest BCUT2D eigenvalue weighted by atomic mass is 35.5. The standard InChI is InChI=1S/C29H28ClNO6/c1-5-37-24-14-18(8-12-22(24)32)26-25(27(33)21-15-19(30)9-13-23(21)36-4)28(34)29(35)31(26)20-10-6-17(7-11-20)16(2)3/h6-16,26,32-33H,5H2,1-4H3/b27-25+. The van der Waals surface area contributed by atoms with Gasteiger partial charge in [-0.25, -0.2) is 0 Å². The molecule has 3 aromatic rings. The van der Waals surface area contributed by atoms with Gasteiger partial charge in [0.05, 0.1) is 30.9 Å². The molecule has 0 radical (unpaired) electrons. The highest BCUT2D eigenvalue weighted by Gasteiger charge is 2.47. The Balaban J connectivity index is 1.98. The zero-order chi connectivity index (χ0) is 26.9. The third kappa shape index (κ3) is 4.87. The number of benzene rings is 3. The average molecular weight is 522 g/mol. The van der Waals surface area contributed by atoms with Crippen molar-refractivity contribution in [3.63, 3.8) is 0 Å². The molecule has 1 atom stereocenters. The van der Waals surface area contributed by atoms with Crippen LogP contribution in [-0.2, 0) is 9.59 Å². The number of carbonyl (C=O) groups excluding carboxylic acids is 2. The predicted molar refractivity (Wildman–Crippen MR) is 143 cm³/mol. The summed E-state index contributed by atoms with van der Waals surface area (Å²) in [7, 11) is 1.43. The van der Waals surface area contributed by atoms with Crippen molar-refractivity contribution < 1.29 is 29.3 Å². The van der Waals surface area contributed by atoms with Crippen LogP contribution in [0.2, 0.25) is 5.02 Å². The fourth-order valence-electron chi connectivity index (χ4n) is 4.42. The minimum atomic E-state index is -1.01. The molecule has 3 aromatic carbocycles. The summed E-state index contributed by atoms with van der Waals surface area (Å²) < 4.78 is 10.9. The fourth-order valence-corrected chi connectivity index (χ4v) is 4.59. The van der Waals surface area contributed by atoms with Gasteiger partial charge in [-0.2, -0.15) is 0 Å². The van der Waals surface area contributed by atoms with Gasteiger partial charge in [0.15, 0.2) is 11.5 Å². The van der Waals surface area contributed by atoms with Crippen LogP contribution in [0.1, 0.15) is 49.4 Å². The molecule has 8 heteroatoms. The van der Waals surface area contributed by atoms with E-state index in [0.29, 0.717) is 22.9 Å². The Hall–Kier alpha value is -3.97. The predicted octanol–water partition coefficient (Wildman–Crippen LogP) is 6.20. The summed E-state index contributed by atoms with van der Waals surface area (Å²) in [5.74, 6) is -1.40. The molecule has 0 bridgehead atoms. The van der Waals surface area contributed by atoms with Gasteiger partial charge < -0.3 is 19.7 Å².